The van der Waals surface area contributed by atoms with Crippen molar-refractivity contribution in [2.45, 2.75) is 41.5 Å². The normalized spacial score (nSPS) is 12.2. The third-order valence-electron chi connectivity index (χ3n) is 26.8. The molecule has 0 saturated heterocycles. The van der Waals surface area contributed by atoms with E-state index in [4.69, 9.17) is 19.9 Å². The van der Waals surface area contributed by atoms with E-state index in [1.54, 1.807) is 0 Å². The minimum Gasteiger partial charge on any atom is -0.309 e. The number of rotatable bonds is 9. The van der Waals surface area contributed by atoms with Crippen molar-refractivity contribution in [2.75, 3.05) is 0 Å². The van der Waals surface area contributed by atoms with Gasteiger partial charge in [-0.1, -0.05) is 333 Å². The van der Waals surface area contributed by atoms with E-state index in [0.29, 0.717) is 17.6 Å². The van der Waals surface area contributed by atoms with Gasteiger partial charge in [0.25, 0.3) is 0 Å². The first-order chi connectivity index (χ1) is 64.3. The van der Waals surface area contributed by atoms with Crippen molar-refractivity contribution in [3.05, 3.63) is 442 Å². The predicted molar refractivity (Wildman–Crippen MR) is 567 cm³/mol. The molecule has 11 heteroatoms. The van der Waals surface area contributed by atoms with Crippen LogP contribution in [0, 0.1) is 0 Å². The second-order valence-electron chi connectivity index (χ2n) is 34.3. The van der Waals surface area contributed by atoms with Crippen molar-refractivity contribution < 1.29 is 0 Å². The third kappa shape index (κ3) is 12.9. The van der Waals surface area contributed by atoms with Crippen LogP contribution >= 0.6 is 22.7 Å². The van der Waals surface area contributed by atoms with Crippen LogP contribution in [0.3, 0.4) is 0 Å². The summed E-state index contributed by atoms with van der Waals surface area (Å²) in [6.07, 6.45) is 1.96. The van der Waals surface area contributed by atoms with Crippen LogP contribution in [-0.4, -0.2) is 42.8 Å². The van der Waals surface area contributed by atoms with Crippen LogP contribution in [0.2, 0.25) is 0 Å². The lowest BCUT2D eigenvalue weighted by Crippen LogP contribution is -2.15. The summed E-state index contributed by atoms with van der Waals surface area (Å²) < 4.78 is 16.9. The van der Waals surface area contributed by atoms with E-state index in [0.717, 1.165) is 33.7 Å². The third-order valence-corrected chi connectivity index (χ3v) is 29.2. The first kappa shape index (κ1) is 81.1. The molecular formula is C122H89N9S2. The summed E-state index contributed by atoms with van der Waals surface area (Å²) in [5.74, 6) is 2.92. The van der Waals surface area contributed by atoms with Crippen molar-refractivity contribution in [3.63, 3.8) is 0 Å². The fraction of sp³-hybridized carbons (Fsp3) is 0.0492. The first-order valence-electron chi connectivity index (χ1n) is 44.2. The Morgan fingerprint density at radius 1 is 0.218 bits per heavy atom. The summed E-state index contributed by atoms with van der Waals surface area (Å²) in [4.78, 5) is 20.0. The minimum atomic E-state index is -0.106. The lowest BCUT2D eigenvalue weighted by Gasteiger charge is -2.21. The maximum Gasteiger partial charge on any atom is 0.238 e. The molecule has 0 radical (unpaired) electrons. The lowest BCUT2D eigenvalue weighted by molar-refractivity contribution is 0.661. The molecule has 0 amide bonds. The van der Waals surface area contributed by atoms with E-state index in [9.17, 15) is 0 Å². The van der Waals surface area contributed by atoms with Crippen LogP contribution in [0.15, 0.2) is 431 Å². The van der Waals surface area contributed by atoms with Crippen LogP contribution in [0.5, 0.6) is 0 Å². The molecule has 28 rings (SSSR count). The molecule has 0 spiro atoms. The number of para-hydroxylation sites is 8. The number of thiophene rings is 2. The van der Waals surface area contributed by atoms with E-state index in [1.807, 2.05) is 89.5 Å². The zero-order valence-corrected chi connectivity index (χ0v) is 72.5. The molecule has 9 aromatic heterocycles. The van der Waals surface area contributed by atoms with Crippen LogP contribution < -0.4 is 0 Å². The molecule has 0 aliphatic heterocycles. The van der Waals surface area contributed by atoms with Crippen LogP contribution in [-0.2, 0) is 5.41 Å². The molecule has 0 bridgehead atoms. The predicted octanol–water partition coefficient (Wildman–Crippen LogP) is 33.7. The van der Waals surface area contributed by atoms with Crippen molar-refractivity contribution in [1.29, 1.82) is 0 Å². The van der Waals surface area contributed by atoms with Gasteiger partial charge in [0.05, 0.1) is 59.9 Å². The minimum absolute atomic E-state index is 0. The number of hydrogen-bond acceptors (Lipinski definition) is 6. The molecule has 18 aromatic carbocycles. The van der Waals surface area contributed by atoms with Gasteiger partial charge in [-0.15, -0.1) is 22.7 Å². The van der Waals surface area contributed by atoms with E-state index in [1.165, 1.54) is 194 Å². The van der Waals surface area contributed by atoms with E-state index < -0.39 is 0 Å². The van der Waals surface area contributed by atoms with Crippen molar-refractivity contribution >= 4 is 172 Å². The maximum absolute atomic E-state index is 5.08. The molecule has 9 nitrogen and oxygen atoms in total. The van der Waals surface area contributed by atoms with E-state index in [2.05, 4.69) is 401 Å². The van der Waals surface area contributed by atoms with Gasteiger partial charge in [0.1, 0.15) is 0 Å². The molecule has 1 aliphatic carbocycles. The molecular weight excluding hydrogens is 1660 g/mol. The topological polar surface area (TPSA) is 76.2 Å². The number of benzene rings is 18. The lowest BCUT2D eigenvalue weighted by atomic mass is 9.82. The highest BCUT2D eigenvalue weighted by Gasteiger charge is 2.37. The Kier molecular flexibility index (Phi) is 19.7. The van der Waals surface area contributed by atoms with Crippen molar-refractivity contribution in [3.8, 4) is 85.0 Å². The molecule has 9 heterocycles. The molecule has 634 valence electrons. The average molecular weight is 1750 g/mol. The SMILES string of the molecule is C.C.C.CC1(C)c2ccccc2-c2cc3c4ccccc4n(-c4nc(-c5ccccc5)nc(-c5ccccc5)n4)c3cc21.c1cc(-c2cccc(-n3c4ccccc4c4cc(-n5c6ccccc6c6ccccc65)ccc43)c2)cc(-c2cccc3c2sc2ccccc23)c1.c1ccc2c(c1)c1ccccc1n2-c1ccc2sc3c(-n4c5ccccc5c5ccccc54)nccc3c2c1. The first-order valence-corrected chi connectivity index (χ1v) is 45.9. The van der Waals surface area contributed by atoms with Gasteiger partial charge in [-0.3, -0.25) is 9.13 Å². The second-order valence-corrected chi connectivity index (χ2v) is 36.4. The number of pyridine rings is 1. The highest BCUT2D eigenvalue weighted by atomic mass is 32.1. The average Bonchev–Trinajstić information content (AvgIpc) is 1.55. The molecule has 0 saturated carbocycles. The number of hydrogen-bond donors (Lipinski definition) is 0. The summed E-state index contributed by atoms with van der Waals surface area (Å²) in [6.45, 7) is 4.64. The fourth-order valence-electron chi connectivity index (χ4n) is 20.8. The Balaban J connectivity index is 0.000000113. The summed E-state index contributed by atoms with van der Waals surface area (Å²) in [5.41, 5.74) is 27.4. The second kappa shape index (κ2) is 32.3. The van der Waals surface area contributed by atoms with Crippen LogP contribution in [0.1, 0.15) is 47.3 Å². The molecule has 0 N–H and O–H groups in total. The molecule has 0 fully saturated rings. The standard InChI is InChI=1S/C48H30N2S.C36H26N4.C35H21N3S.3CH4/c1-5-22-43-37(16-1)38-17-2-6-23-44(38)50(43)35-26-27-46-42(30-35)39-18-3-7-24-45(39)49(46)34-15-10-13-32(29-34)31-12-9-14-33(28-31)36-20-11-21-41-40-19-4-8-25-47(40)51-48(36)41;1-36(2)29-19-11-9-17-25(29)27-21-28-26-18-10-12-20-31(26)40(32(28)22-30(27)36)35-38-33(23-13-5-3-6-14-23)37-34(39-35)24-15-7-4-8-16-24;1-5-13-29-23(9-1)24-10-2-6-14-30(24)37(29)22-17-18-33-28(21-22)27-19-20-36-35(34(27)39-33)38-31-15-7-3-11-25(31)26-12-4-8-16-32(26)38;;;/h1-30H;3-22H,1-2H3;1-21H;3*1H4. The van der Waals surface area contributed by atoms with Gasteiger partial charge in [0.2, 0.25) is 5.95 Å². The van der Waals surface area contributed by atoms with Gasteiger partial charge in [-0.2, -0.15) is 9.97 Å². The Morgan fingerprint density at radius 2 is 0.594 bits per heavy atom. The van der Waals surface area contributed by atoms with Crippen LogP contribution in [0.25, 0.3) is 234 Å². The number of aromatic nitrogens is 9. The van der Waals surface area contributed by atoms with E-state index >= 15 is 0 Å². The largest absolute Gasteiger partial charge is 0.309 e. The van der Waals surface area contributed by atoms with Gasteiger partial charge in [0.15, 0.2) is 17.5 Å². The summed E-state index contributed by atoms with van der Waals surface area (Å²) in [6, 6.07) is 153. The number of nitrogens with zero attached hydrogens (tertiary/aromatic N) is 9. The van der Waals surface area contributed by atoms with Gasteiger partial charge < -0.3 is 13.7 Å². The summed E-state index contributed by atoms with van der Waals surface area (Å²) in [5, 5.41) is 17.6. The maximum atomic E-state index is 5.08. The zero-order valence-electron chi connectivity index (χ0n) is 70.8. The van der Waals surface area contributed by atoms with E-state index in [-0.39, 0.29) is 27.7 Å². The van der Waals surface area contributed by atoms with Crippen molar-refractivity contribution in [1.82, 2.24) is 42.8 Å². The Bertz CT molecular complexity index is 9100. The van der Waals surface area contributed by atoms with Gasteiger partial charge >= 0.3 is 0 Å². The molecule has 27 aromatic rings. The molecule has 1 aliphatic rings. The summed E-state index contributed by atoms with van der Waals surface area (Å²) >= 11 is 3.71. The number of fused-ring (bicyclic) bond motifs is 24. The van der Waals surface area contributed by atoms with Crippen molar-refractivity contribution in [2.24, 2.45) is 0 Å². The monoisotopic (exact) mass is 1740 g/mol. The highest BCUT2D eigenvalue weighted by molar-refractivity contribution is 7.26. The highest BCUT2D eigenvalue weighted by Crippen LogP contribution is 2.52. The van der Waals surface area contributed by atoms with Gasteiger partial charge in [-0.05, 0) is 172 Å². The molecule has 133 heavy (non-hydrogen) atoms. The Hall–Kier alpha value is -16.4. The van der Waals surface area contributed by atoms with Gasteiger partial charge in [0, 0.05) is 129 Å². The zero-order chi connectivity index (χ0) is 85.8. The quantitative estimate of drug-likeness (QED) is 0.144. The molecule has 0 unspecified atom stereocenters. The summed E-state index contributed by atoms with van der Waals surface area (Å²) in [7, 11) is 0. The van der Waals surface area contributed by atoms with Crippen LogP contribution in [0.4, 0.5) is 0 Å². The van der Waals surface area contributed by atoms with Gasteiger partial charge in [-0.25, -0.2) is 9.97 Å². The molecule has 0 atom stereocenters. The fourth-order valence-corrected chi connectivity index (χ4v) is 23.2. The smallest absolute Gasteiger partial charge is 0.238 e. The Morgan fingerprint density at radius 3 is 1.15 bits per heavy atom. The Labute approximate surface area is 777 Å².